The van der Waals surface area contributed by atoms with E-state index in [1.54, 1.807) is 18.2 Å². The Hall–Kier alpha value is -4.51. The minimum absolute atomic E-state index is 0. The van der Waals surface area contributed by atoms with Crippen LogP contribution in [0.5, 0.6) is 0 Å². The molecule has 277 valence electrons. The Kier molecular flexibility index (Phi) is 13.3. The summed E-state index contributed by atoms with van der Waals surface area (Å²) in [6.07, 6.45) is 6.90. The summed E-state index contributed by atoms with van der Waals surface area (Å²) in [6, 6.07) is 29.8. The topological polar surface area (TPSA) is 71.6 Å². The van der Waals surface area contributed by atoms with Crippen LogP contribution in [-0.2, 0) is 20.1 Å². The molecule has 0 aliphatic carbocycles. The molecule has 5 aromatic carbocycles. The van der Waals surface area contributed by atoms with E-state index in [4.69, 9.17) is 4.98 Å². The Morgan fingerprint density at radius 3 is 2.06 bits per heavy atom. The molecule has 0 saturated heterocycles. The SMILES string of the molecule is CCC(C)(CC)C(=[OH+])/C=C(\O)C(C)(CC)CC.Cc1[c-]c(-c2nccc3c2ccc2cc(-c4ccc(C(=O)F)c5ccccc45)ccc23)cc(C)c1.[Ir]. The van der Waals surface area contributed by atoms with Crippen LogP contribution in [0.2, 0.25) is 0 Å². The van der Waals surface area contributed by atoms with Crippen LogP contribution in [0, 0.1) is 30.7 Å². The van der Waals surface area contributed by atoms with E-state index >= 15 is 0 Å². The van der Waals surface area contributed by atoms with Crippen molar-refractivity contribution in [2.75, 3.05) is 0 Å². The van der Waals surface area contributed by atoms with Gasteiger partial charge < -0.3 is 10.1 Å². The molecule has 6 rings (SSSR count). The number of aromatic nitrogens is 1. The van der Waals surface area contributed by atoms with Gasteiger partial charge in [-0.05, 0) is 99.9 Å². The van der Waals surface area contributed by atoms with Crippen LogP contribution < -0.4 is 0 Å². The average molecular weight is 888 g/mol. The predicted molar refractivity (Wildman–Crippen MR) is 216 cm³/mol. The smallest absolute Gasteiger partial charge is 0.332 e. The first kappa shape index (κ1) is 41.2. The number of pyridine rings is 1. The molecule has 53 heavy (non-hydrogen) atoms. The first-order valence-corrected chi connectivity index (χ1v) is 18.3. The van der Waals surface area contributed by atoms with Gasteiger partial charge in [0.05, 0.1) is 17.1 Å². The Morgan fingerprint density at radius 1 is 0.792 bits per heavy atom. The Bertz CT molecular complexity index is 2300. The Labute approximate surface area is 326 Å². The molecule has 6 aromatic rings. The van der Waals surface area contributed by atoms with Gasteiger partial charge in [-0.15, -0.1) is 34.9 Å². The van der Waals surface area contributed by atoms with Gasteiger partial charge in [0.1, 0.15) is 5.76 Å². The van der Waals surface area contributed by atoms with Crippen LogP contribution in [0.15, 0.2) is 103 Å². The number of aliphatic hydroxyl groups excluding tert-OH is 1. The number of ketones is 1. The summed E-state index contributed by atoms with van der Waals surface area (Å²) in [5.74, 6) is 0.598. The number of aryl methyl sites for hydroxylation is 2. The van der Waals surface area contributed by atoms with E-state index < -0.39 is 6.04 Å². The summed E-state index contributed by atoms with van der Waals surface area (Å²) in [6.45, 7) is 16.4. The summed E-state index contributed by atoms with van der Waals surface area (Å²) in [5.41, 5.74) is 5.84. The quantitative estimate of drug-likeness (QED) is 0.0372. The normalized spacial score (nSPS) is 12.0. The molecule has 6 heteroatoms. The molecule has 4 nitrogen and oxygen atoms in total. The van der Waals surface area contributed by atoms with Gasteiger partial charge in [0.15, 0.2) is 0 Å². The van der Waals surface area contributed by atoms with Crippen LogP contribution in [0.25, 0.3) is 54.7 Å². The molecule has 0 fully saturated rings. The van der Waals surface area contributed by atoms with Gasteiger partial charge in [0.25, 0.3) is 0 Å². The third kappa shape index (κ3) is 8.51. The summed E-state index contributed by atoms with van der Waals surface area (Å²) >= 11 is 0. The summed E-state index contributed by atoms with van der Waals surface area (Å²) in [7, 11) is 0. The van der Waals surface area contributed by atoms with Crippen LogP contribution >= 0.6 is 0 Å². The molecule has 2 N–H and O–H groups in total. The van der Waals surface area contributed by atoms with Gasteiger partial charge in [0, 0.05) is 31.7 Å². The molecule has 0 bridgehead atoms. The molecule has 0 saturated carbocycles. The number of aliphatic hydroxyl groups is 1. The standard InChI is InChI=1S/C32H21FNO.C15H28O2.Ir/c1-19-15-20(2)17-23(16-19)31-29-10-8-22-18-21(7-9-24(22)28(29)13-14-34-31)25-11-12-30(32(33)35)27-6-4-3-5-26(25)27;1-7-14(5,8-2)12(16)11-13(17)15(6,9-3)10-4;/h3-16,18H,1-2H3;11,16H,7-10H2,1-6H3;/q-1;;/p+1/b;12-11-;. The number of carbonyl (C=O) groups is 1. The van der Waals surface area contributed by atoms with Crippen LogP contribution in [0.4, 0.5) is 4.39 Å². The number of halogens is 1. The maximum Gasteiger partial charge on any atom is 0.332 e. The summed E-state index contributed by atoms with van der Waals surface area (Å²) in [5, 5.41) is 16.1. The zero-order valence-electron chi connectivity index (χ0n) is 32.0. The zero-order valence-corrected chi connectivity index (χ0v) is 34.4. The minimum atomic E-state index is -1.41. The van der Waals surface area contributed by atoms with Crippen molar-refractivity contribution in [1.82, 2.24) is 4.98 Å². The fourth-order valence-electron chi connectivity index (χ4n) is 6.83. The van der Waals surface area contributed by atoms with E-state index in [0.717, 1.165) is 80.6 Å². The third-order valence-corrected chi connectivity index (χ3v) is 11.2. The predicted octanol–water partition coefficient (Wildman–Crippen LogP) is 13.0. The van der Waals surface area contributed by atoms with E-state index in [2.05, 4.69) is 96.1 Å². The van der Waals surface area contributed by atoms with Crippen molar-refractivity contribution in [3.8, 4) is 22.4 Å². The number of nitrogens with zero attached hydrogens (tertiary/aromatic N) is 1. The van der Waals surface area contributed by atoms with Crippen molar-refractivity contribution in [3.63, 3.8) is 0 Å². The number of fused-ring (bicyclic) bond motifs is 4. The van der Waals surface area contributed by atoms with Crippen LogP contribution in [0.3, 0.4) is 0 Å². The Balaban J connectivity index is 0.000000299. The fraction of sp³-hybridized carbons (Fsp3) is 0.298. The molecule has 1 radical (unpaired) electrons. The minimum Gasteiger partial charge on any atom is -0.511 e. The molecular formula is C47H50FIrNO3. The van der Waals surface area contributed by atoms with Gasteiger partial charge in [0.2, 0.25) is 0 Å². The van der Waals surface area contributed by atoms with Gasteiger partial charge in [-0.2, -0.15) is 4.39 Å². The van der Waals surface area contributed by atoms with Crippen molar-refractivity contribution >= 4 is 44.1 Å². The second-order valence-corrected chi connectivity index (χ2v) is 14.4. The number of rotatable bonds is 10. The number of hydrogen-bond acceptors (Lipinski definition) is 3. The van der Waals surface area contributed by atoms with Gasteiger partial charge in [-0.1, -0.05) is 103 Å². The molecule has 0 aliphatic rings. The number of hydrogen-bond donors (Lipinski definition) is 1. The van der Waals surface area contributed by atoms with E-state index in [9.17, 15) is 19.1 Å². The molecule has 1 heterocycles. The molecule has 0 unspecified atom stereocenters. The average Bonchev–Trinajstić information content (AvgIpc) is 3.15. The summed E-state index contributed by atoms with van der Waals surface area (Å²) < 4.78 is 13.6. The van der Waals surface area contributed by atoms with E-state index in [0.29, 0.717) is 16.9 Å². The monoisotopic (exact) mass is 888 g/mol. The fourth-order valence-corrected chi connectivity index (χ4v) is 6.83. The second-order valence-electron chi connectivity index (χ2n) is 14.4. The first-order chi connectivity index (χ1) is 24.8. The third-order valence-electron chi connectivity index (χ3n) is 11.2. The maximum atomic E-state index is 13.6. The number of carbonyl (C=O) groups excluding carboxylic acids is 2. The van der Waals surface area contributed by atoms with Crippen LogP contribution in [0.1, 0.15) is 88.7 Å². The zero-order chi connectivity index (χ0) is 37.8. The molecule has 0 spiro atoms. The van der Waals surface area contributed by atoms with E-state index in [-0.39, 0.29) is 36.5 Å². The van der Waals surface area contributed by atoms with E-state index in [1.165, 1.54) is 5.56 Å². The van der Waals surface area contributed by atoms with Crippen molar-refractivity contribution in [2.45, 2.75) is 81.1 Å². The summed E-state index contributed by atoms with van der Waals surface area (Å²) in [4.78, 5) is 26.4. The maximum absolute atomic E-state index is 13.6. The molecule has 1 aromatic heterocycles. The van der Waals surface area contributed by atoms with E-state index in [1.807, 2.05) is 44.3 Å². The van der Waals surface area contributed by atoms with Crippen molar-refractivity contribution in [3.05, 3.63) is 126 Å². The van der Waals surface area contributed by atoms with Gasteiger partial charge in [-0.3, -0.25) is 9.59 Å². The first-order valence-electron chi connectivity index (χ1n) is 18.3. The van der Waals surface area contributed by atoms with Gasteiger partial charge >= 0.3 is 11.8 Å². The molecule has 0 atom stereocenters. The molecule has 0 amide bonds. The largest absolute Gasteiger partial charge is 0.511 e. The second kappa shape index (κ2) is 17.1. The number of allylic oxidation sites excluding steroid dienone is 2. The molecular weight excluding hydrogens is 838 g/mol. The van der Waals surface area contributed by atoms with Crippen molar-refractivity contribution in [2.24, 2.45) is 10.8 Å². The van der Waals surface area contributed by atoms with Crippen molar-refractivity contribution < 1.29 is 39.2 Å². The van der Waals surface area contributed by atoms with Gasteiger partial charge in [-0.25, -0.2) is 0 Å². The van der Waals surface area contributed by atoms with Crippen molar-refractivity contribution in [1.29, 1.82) is 0 Å². The Morgan fingerprint density at radius 2 is 1.43 bits per heavy atom. The van der Waals surface area contributed by atoms with Crippen LogP contribution in [-0.4, -0.2) is 26.7 Å². The number of benzene rings is 5. The molecule has 0 aliphatic heterocycles.